The van der Waals surface area contributed by atoms with E-state index in [4.69, 9.17) is 14.6 Å². The second-order valence-electron chi connectivity index (χ2n) is 13.6. The van der Waals surface area contributed by atoms with Crippen LogP contribution in [0.1, 0.15) is 87.8 Å². The number of benzene rings is 3. The number of aliphatic hydroxyl groups is 1. The zero-order valence-corrected chi connectivity index (χ0v) is 29.2. The number of aliphatic hydroxyl groups excluding tert-OH is 1. The highest BCUT2D eigenvalue weighted by atomic mass is 19.1. The van der Waals surface area contributed by atoms with Gasteiger partial charge in [-0.3, -0.25) is 0 Å². The fourth-order valence-electron chi connectivity index (χ4n) is 6.71. The number of halogens is 2. The van der Waals surface area contributed by atoms with Crippen molar-refractivity contribution in [2.45, 2.75) is 84.5 Å². The molecule has 1 aliphatic carbocycles. The Kier molecular flexibility index (Phi) is 13.9. The van der Waals surface area contributed by atoms with E-state index in [1.165, 1.54) is 24.5 Å². The standard InChI is InChI=1S/C42H50F2O5/c1-6-7-8-9-32-14-15-35(20-28(32)4)37-19-17-36(23-40(37)44)38-18-16-34(22-39(38)43)33-12-10-30(11-13-33)21-31(25-48-41(46)27(2)3)26-49-42(47)29(5)24-45/h14-20,22-23,30-31,33,45H,2,5-13,21,24-26H2,1,3-4H3. The molecule has 7 heteroatoms. The molecule has 1 fully saturated rings. The van der Waals surface area contributed by atoms with E-state index in [1.54, 1.807) is 31.2 Å². The van der Waals surface area contributed by atoms with E-state index in [2.05, 4.69) is 33.1 Å². The Morgan fingerprint density at radius 1 is 0.857 bits per heavy atom. The SMILES string of the molecule is C=C(C)C(=O)OCC(COC(=O)C(=C)CO)CC1CCC(c2ccc(-c3ccc(-c4ccc(CCCCC)c(C)c4)c(F)c3)c(F)c2)CC1. The Hall–Kier alpha value is -4.10. The monoisotopic (exact) mass is 672 g/mol. The number of carbonyl (C=O) groups excluding carboxylic acids is 2. The van der Waals surface area contributed by atoms with Gasteiger partial charge >= 0.3 is 11.9 Å². The van der Waals surface area contributed by atoms with Crippen LogP contribution in [-0.2, 0) is 25.5 Å². The van der Waals surface area contributed by atoms with Crippen LogP contribution in [0.15, 0.2) is 78.9 Å². The van der Waals surface area contributed by atoms with Crippen molar-refractivity contribution in [3.63, 3.8) is 0 Å². The van der Waals surface area contributed by atoms with Crippen LogP contribution in [0.2, 0.25) is 0 Å². The summed E-state index contributed by atoms with van der Waals surface area (Å²) in [6.07, 6.45) is 8.73. The van der Waals surface area contributed by atoms with Gasteiger partial charge in [0.15, 0.2) is 0 Å². The number of carbonyl (C=O) groups is 2. The van der Waals surface area contributed by atoms with Gasteiger partial charge in [-0.05, 0) is 111 Å². The minimum atomic E-state index is -0.676. The predicted octanol–water partition coefficient (Wildman–Crippen LogP) is 9.83. The minimum absolute atomic E-state index is 0.0349. The highest BCUT2D eigenvalue weighted by Gasteiger charge is 2.27. The van der Waals surface area contributed by atoms with Crippen LogP contribution in [-0.4, -0.2) is 36.9 Å². The van der Waals surface area contributed by atoms with E-state index in [-0.39, 0.29) is 42.3 Å². The highest BCUT2D eigenvalue weighted by Crippen LogP contribution is 2.40. The molecule has 3 aromatic carbocycles. The number of aryl methyl sites for hydroxylation is 2. The van der Waals surface area contributed by atoms with Crippen molar-refractivity contribution in [3.8, 4) is 22.3 Å². The van der Waals surface area contributed by atoms with Gasteiger partial charge in [-0.15, -0.1) is 0 Å². The first-order chi connectivity index (χ1) is 23.5. The van der Waals surface area contributed by atoms with Crippen LogP contribution in [0, 0.1) is 30.4 Å². The molecule has 5 nitrogen and oxygen atoms in total. The molecule has 0 heterocycles. The molecule has 1 aliphatic rings. The molecule has 49 heavy (non-hydrogen) atoms. The third-order valence-electron chi connectivity index (χ3n) is 9.69. The van der Waals surface area contributed by atoms with Crippen molar-refractivity contribution in [2.75, 3.05) is 19.8 Å². The number of hydrogen-bond donors (Lipinski definition) is 1. The van der Waals surface area contributed by atoms with Gasteiger partial charge in [-0.2, -0.15) is 0 Å². The largest absolute Gasteiger partial charge is 0.462 e. The van der Waals surface area contributed by atoms with Crippen molar-refractivity contribution in [1.29, 1.82) is 0 Å². The zero-order valence-electron chi connectivity index (χ0n) is 29.2. The lowest BCUT2D eigenvalue weighted by Gasteiger charge is -2.31. The average molecular weight is 673 g/mol. The quantitative estimate of drug-likeness (QED) is 0.0932. The molecule has 1 unspecified atom stereocenters. The predicted molar refractivity (Wildman–Crippen MR) is 191 cm³/mol. The van der Waals surface area contributed by atoms with E-state index >= 15 is 8.78 Å². The van der Waals surface area contributed by atoms with Crippen molar-refractivity contribution >= 4 is 11.9 Å². The molecule has 0 aliphatic heterocycles. The van der Waals surface area contributed by atoms with Crippen molar-refractivity contribution in [3.05, 3.63) is 107 Å². The van der Waals surface area contributed by atoms with Crippen molar-refractivity contribution in [1.82, 2.24) is 0 Å². The van der Waals surface area contributed by atoms with Crippen LogP contribution >= 0.6 is 0 Å². The summed E-state index contributed by atoms with van der Waals surface area (Å²) in [4.78, 5) is 24.0. The Morgan fingerprint density at radius 2 is 1.47 bits per heavy atom. The van der Waals surface area contributed by atoms with E-state index in [0.717, 1.165) is 55.2 Å². The second-order valence-corrected chi connectivity index (χ2v) is 13.6. The van der Waals surface area contributed by atoms with E-state index in [1.807, 2.05) is 18.2 Å². The Labute approximate surface area is 290 Å². The highest BCUT2D eigenvalue weighted by molar-refractivity contribution is 5.88. The number of unbranched alkanes of at least 4 members (excludes halogenated alkanes) is 2. The van der Waals surface area contributed by atoms with Crippen molar-refractivity contribution < 1.29 is 33.0 Å². The van der Waals surface area contributed by atoms with Crippen molar-refractivity contribution in [2.24, 2.45) is 11.8 Å². The van der Waals surface area contributed by atoms with Gasteiger partial charge < -0.3 is 14.6 Å². The molecular formula is C42H50F2O5. The molecule has 0 saturated heterocycles. The first kappa shape index (κ1) is 37.7. The van der Waals surface area contributed by atoms with Gasteiger partial charge in [0.05, 0.1) is 25.4 Å². The Morgan fingerprint density at radius 3 is 2.06 bits per heavy atom. The molecule has 262 valence electrons. The van der Waals surface area contributed by atoms with Gasteiger partial charge in [0, 0.05) is 22.6 Å². The average Bonchev–Trinajstić information content (AvgIpc) is 3.09. The lowest BCUT2D eigenvalue weighted by Crippen LogP contribution is -2.25. The zero-order chi connectivity index (χ0) is 35.5. The molecular weight excluding hydrogens is 622 g/mol. The van der Waals surface area contributed by atoms with Gasteiger partial charge in [-0.25, -0.2) is 18.4 Å². The van der Waals surface area contributed by atoms with Gasteiger partial charge in [-0.1, -0.05) is 75.4 Å². The second kappa shape index (κ2) is 18.1. The molecule has 0 amide bonds. The van der Waals surface area contributed by atoms with E-state index in [0.29, 0.717) is 34.6 Å². The molecule has 1 saturated carbocycles. The van der Waals surface area contributed by atoms with Gasteiger partial charge in [0.2, 0.25) is 0 Å². The number of rotatable bonds is 16. The summed E-state index contributed by atoms with van der Waals surface area (Å²) < 4.78 is 41.6. The fraction of sp³-hybridized carbons (Fsp3) is 0.429. The normalized spacial score (nSPS) is 16.5. The third kappa shape index (κ3) is 10.4. The van der Waals surface area contributed by atoms with Crippen LogP contribution in [0.5, 0.6) is 0 Å². The summed E-state index contributed by atoms with van der Waals surface area (Å²) in [5, 5.41) is 9.16. The molecule has 3 aromatic rings. The maximum Gasteiger partial charge on any atom is 0.335 e. The first-order valence-electron chi connectivity index (χ1n) is 17.5. The lowest BCUT2D eigenvalue weighted by molar-refractivity contribution is -0.144. The maximum absolute atomic E-state index is 15.5. The fourth-order valence-corrected chi connectivity index (χ4v) is 6.71. The van der Waals surface area contributed by atoms with Crippen LogP contribution in [0.4, 0.5) is 8.78 Å². The first-order valence-corrected chi connectivity index (χ1v) is 17.5. The van der Waals surface area contributed by atoms with E-state index < -0.39 is 18.5 Å². The summed E-state index contributed by atoms with van der Waals surface area (Å²) in [7, 11) is 0. The molecule has 0 bridgehead atoms. The number of ether oxygens (including phenoxy) is 2. The summed E-state index contributed by atoms with van der Waals surface area (Å²) in [6.45, 7) is 12.6. The maximum atomic E-state index is 15.5. The molecule has 4 rings (SSSR count). The summed E-state index contributed by atoms with van der Waals surface area (Å²) in [6, 6.07) is 16.3. The summed E-state index contributed by atoms with van der Waals surface area (Å²) in [5.41, 5.74) is 5.83. The van der Waals surface area contributed by atoms with E-state index in [9.17, 15) is 9.59 Å². The van der Waals surface area contributed by atoms with Gasteiger partial charge in [0.1, 0.15) is 11.6 Å². The van der Waals surface area contributed by atoms with Gasteiger partial charge in [0.25, 0.3) is 0 Å². The topological polar surface area (TPSA) is 72.8 Å². The summed E-state index contributed by atoms with van der Waals surface area (Å²) >= 11 is 0. The Bertz CT molecular complexity index is 1640. The van der Waals surface area contributed by atoms with Crippen LogP contribution in [0.3, 0.4) is 0 Å². The molecule has 0 radical (unpaired) electrons. The van der Waals surface area contributed by atoms with Crippen LogP contribution in [0.25, 0.3) is 22.3 Å². The third-order valence-corrected chi connectivity index (χ3v) is 9.69. The molecule has 1 N–H and O–H groups in total. The minimum Gasteiger partial charge on any atom is -0.462 e. The lowest BCUT2D eigenvalue weighted by atomic mass is 9.75. The van der Waals surface area contributed by atoms with Crippen LogP contribution < -0.4 is 0 Å². The number of hydrogen-bond acceptors (Lipinski definition) is 5. The molecule has 1 atom stereocenters. The smallest absolute Gasteiger partial charge is 0.335 e. The molecule has 0 spiro atoms. The molecule has 0 aromatic heterocycles. The Balaban J connectivity index is 1.37. The summed E-state index contributed by atoms with van der Waals surface area (Å²) in [5.74, 6) is -1.63. The number of esters is 2.